The summed E-state index contributed by atoms with van der Waals surface area (Å²) in [4.78, 5) is 0. The van der Waals surface area contributed by atoms with Crippen molar-refractivity contribution in [2.75, 3.05) is 0 Å². The van der Waals surface area contributed by atoms with Crippen LogP contribution in [-0.2, 0) is 0 Å². The third-order valence-electron chi connectivity index (χ3n) is 16.1. The van der Waals surface area contributed by atoms with Crippen LogP contribution in [0.3, 0.4) is 0 Å². The summed E-state index contributed by atoms with van der Waals surface area (Å²) in [5.74, 6) is 0. The maximum absolute atomic E-state index is 3.68. The van der Waals surface area contributed by atoms with Gasteiger partial charge < -0.3 is 0 Å². The molecule has 0 heterocycles. The van der Waals surface area contributed by atoms with Crippen molar-refractivity contribution in [1.29, 1.82) is 0 Å². The second-order valence-electron chi connectivity index (χ2n) is 20.1. The fraction of sp³-hybridized carbons (Fsp3) is 0.159. The van der Waals surface area contributed by atoms with Crippen LogP contribution in [0.5, 0.6) is 0 Å². The molecular formula is C69H64Si. The van der Waals surface area contributed by atoms with E-state index in [0.29, 0.717) is 0 Å². The molecule has 0 aromatic heterocycles. The zero-order chi connectivity index (χ0) is 48.9. The number of allylic oxidation sites excluding steroid dienone is 4. The van der Waals surface area contributed by atoms with Crippen molar-refractivity contribution in [2.45, 2.75) is 74.3 Å². The van der Waals surface area contributed by atoms with E-state index in [9.17, 15) is 0 Å². The molecule has 0 nitrogen and oxygen atoms in total. The first kappa shape index (κ1) is 46.4. The lowest BCUT2D eigenvalue weighted by Gasteiger charge is -2.52. The SMILES string of the molecule is CC1=CC(C)([Si](c2c(C)cc(-c3ccccc3)c(C)c2-c2ccccc2)(c2c(C)cc(-c3ccccc3)c(C)c2-c2ccccc2)c2c(C)cc(-c3ccccc3)c(C)c2-c2ccccc2)C(C)=C1C. The van der Waals surface area contributed by atoms with Crippen LogP contribution in [0.25, 0.3) is 66.8 Å². The maximum Gasteiger partial charge on any atom is 0.164 e. The predicted octanol–water partition coefficient (Wildman–Crippen LogP) is 17.1. The highest BCUT2D eigenvalue weighted by atomic mass is 28.3. The smallest absolute Gasteiger partial charge is 0.0730 e. The Kier molecular flexibility index (Phi) is 12.3. The first-order valence-corrected chi connectivity index (χ1v) is 27.0. The Morgan fingerprint density at radius 1 is 0.314 bits per heavy atom. The summed E-state index contributed by atoms with van der Waals surface area (Å²) in [6, 6.07) is 75.0. The zero-order valence-corrected chi connectivity index (χ0v) is 43.6. The van der Waals surface area contributed by atoms with E-state index in [0.717, 1.165) is 0 Å². The van der Waals surface area contributed by atoms with Gasteiger partial charge in [0.15, 0.2) is 8.07 Å². The lowest BCUT2D eigenvalue weighted by atomic mass is 9.89. The fourth-order valence-corrected chi connectivity index (χ4v) is 20.3. The van der Waals surface area contributed by atoms with Gasteiger partial charge in [-0.05, 0) is 184 Å². The van der Waals surface area contributed by atoms with E-state index in [1.54, 1.807) is 0 Å². The Morgan fingerprint density at radius 2 is 0.557 bits per heavy atom. The molecule has 0 saturated carbocycles. The summed E-state index contributed by atoms with van der Waals surface area (Å²) in [5.41, 5.74) is 27.5. The summed E-state index contributed by atoms with van der Waals surface area (Å²) in [7, 11) is -3.68. The molecule has 70 heavy (non-hydrogen) atoms. The molecule has 0 aliphatic heterocycles. The average molecular weight is 921 g/mol. The predicted molar refractivity (Wildman–Crippen MR) is 306 cm³/mol. The quantitative estimate of drug-likeness (QED) is 0.0947. The molecule has 9 aromatic carbocycles. The van der Waals surface area contributed by atoms with Crippen LogP contribution < -0.4 is 15.6 Å². The molecule has 0 saturated heterocycles. The highest BCUT2D eigenvalue weighted by molar-refractivity contribution is 7.16. The Bertz CT molecular complexity index is 3140. The van der Waals surface area contributed by atoms with Crippen LogP contribution in [0.2, 0.25) is 5.04 Å². The number of hydrogen-bond acceptors (Lipinski definition) is 0. The minimum Gasteiger partial charge on any atom is -0.0730 e. The second kappa shape index (κ2) is 18.5. The van der Waals surface area contributed by atoms with Crippen molar-refractivity contribution in [1.82, 2.24) is 0 Å². The van der Waals surface area contributed by atoms with Gasteiger partial charge in [0, 0.05) is 5.04 Å². The van der Waals surface area contributed by atoms with Crippen LogP contribution in [-0.4, -0.2) is 8.07 Å². The second-order valence-corrected chi connectivity index (χ2v) is 24.1. The maximum atomic E-state index is 2.72. The third-order valence-corrected chi connectivity index (χ3v) is 22.4. The Morgan fingerprint density at radius 3 is 0.786 bits per heavy atom. The molecule has 0 amide bonds. The molecule has 0 radical (unpaired) electrons. The third kappa shape index (κ3) is 7.42. The fourth-order valence-electron chi connectivity index (χ4n) is 12.7. The lowest BCUT2D eigenvalue weighted by molar-refractivity contribution is 0.869. The molecule has 10 rings (SSSR count). The van der Waals surface area contributed by atoms with Gasteiger partial charge in [-0.3, -0.25) is 0 Å². The van der Waals surface area contributed by atoms with E-state index < -0.39 is 13.1 Å². The highest BCUT2D eigenvalue weighted by Gasteiger charge is 2.60. The van der Waals surface area contributed by atoms with Gasteiger partial charge in [0.05, 0.1) is 0 Å². The number of hydrogen-bond donors (Lipinski definition) is 0. The van der Waals surface area contributed by atoms with Gasteiger partial charge in [0.25, 0.3) is 0 Å². The van der Waals surface area contributed by atoms with Gasteiger partial charge >= 0.3 is 0 Å². The first-order chi connectivity index (χ1) is 33.9. The monoisotopic (exact) mass is 920 g/mol. The summed E-state index contributed by atoms with van der Waals surface area (Å²) < 4.78 is 0. The molecule has 0 spiro atoms. The largest absolute Gasteiger partial charge is 0.164 e. The molecule has 1 unspecified atom stereocenters. The Balaban J connectivity index is 1.56. The number of benzene rings is 9. The van der Waals surface area contributed by atoms with E-state index in [-0.39, 0.29) is 0 Å². The Labute approximate surface area is 418 Å². The lowest BCUT2D eigenvalue weighted by Crippen LogP contribution is -2.76. The highest BCUT2D eigenvalue weighted by Crippen LogP contribution is 2.57. The summed E-state index contributed by atoms with van der Waals surface area (Å²) in [6.45, 7) is 24.4. The van der Waals surface area contributed by atoms with Gasteiger partial charge in [0.2, 0.25) is 0 Å². The van der Waals surface area contributed by atoms with Crippen LogP contribution in [0.1, 0.15) is 61.1 Å². The first-order valence-electron chi connectivity index (χ1n) is 25.0. The van der Waals surface area contributed by atoms with Gasteiger partial charge in [-0.15, -0.1) is 0 Å². The van der Waals surface area contributed by atoms with Gasteiger partial charge in [-0.1, -0.05) is 224 Å². The van der Waals surface area contributed by atoms with E-state index >= 15 is 0 Å². The molecule has 0 N–H and O–H groups in total. The van der Waals surface area contributed by atoms with Crippen molar-refractivity contribution in [3.8, 4) is 66.8 Å². The molecule has 9 aromatic rings. The molecule has 1 aliphatic rings. The van der Waals surface area contributed by atoms with E-state index in [1.165, 1.54) is 132 Å². The summed E-state index contributed by atoms with van der Waals surface area (Å²) >= 11 is 0. The molecule has 344 valence electrons. The summed E-state index contributed by atoms with van der Waals surface area (Å²) in [6.07, 6.45) is 2.72. The van der Waals surface area contributed by atoms with Crippen LogP contribution >= 0.6 is 0 Å². The van der Waals surface area contributed by atoms with Crippen molar-refractivity contribution >= 4 is 23.6 Å². The van der Waals surface area contributed by atoms with Crippen LogP contribution in [0, 0.1) is 41.5 Å². The summed E-state index contributed by atoms with van der Waals surface area (Å²) in [5, 5.41) is 3.99. The molecular weight excluding hydrogens is 857 g/mol. The normalized spacial score (nSPS) is 14.8. The molecule has 1 atom stereocenters. The van der Waals surface area contributed by atoms with Gasteiger partial charge in [-0.25, -0.2) is 0 Å². The molecule has 1 heteroatoms. The van der Waals surface area contributed by atoms with Crippen molar-refractivity contribution in [3.05, 3.63) is 256 Å². The minimum absolute atomic E-state index is 0.458. The Hall–Kier alpha value is -7.32. The number of aryl methyl sites for hydroxylation is 3. The van der Waals surface area contributed by atoms with E-state index in [1.807, 2.05) is 0 Å². The van der Waals surface area contributed by atoms with Crippen molar-refractivity contribution in [3.63, 3.8) is 0 Å². The molecule has 0 fully saturated rings. The van der Waals surface area contributed by atoms with Crippen molar-refractivity contribution < 1.29 is 0 Å². The van der Waals surface area contributed by atoms with E-state index in [4.69, 9.17) is 0 Å². The standard InChI is InChI=1S/C69H64Si/c1-45-41-60(54-29-17-11-18-30-54)50(6)63(57-35-23-14-24-36-57)66(45)70(69(10)44-48(4)49(5)53(69)9,67-46(2)42-61(55-31-19-12-20-32-55)51(7)64(67)58-37-25-15-26-38-58)68-47(3)43-62(56-33-21-13-22-34-56)52(8)65(68)59-39-27-16-28-40-59/h11-44H,1-10H3. The topological polar surface area (TPSA) is 0 Å². The zero-order valence-electron chi connectivity index (χ0n) is 42.6. The number of rotatable bonds is 10. The minimum atomic E-state index is -3.68. The van der Waals surface area contributed by atoms with E-state index in [2.05, 4.69) is 276 Å². The average Bonchev–Trinajstić information content (AvgIpc) is 3.60. The van der Waals surface area contributed by atoms with Gasteiger partial charge in [0.1, 0.15) is 0 Å². The van der Waals surface area contributed by atoms with Crippen LogP contribution in [0.15, 0.2) is 223 Å². The molecule has 1 aliphatic carbocycles. The molecule has 0 bridgehead atoms. The van der Waals surface area contributed by atoms with Crippen LogP contribution in [0.4, 0.5) is 0 Å². The van der Waals surface area contributed by atoms with Gasteiger partial charge in [-0.2, -0.15) is 0 Å². The van der Waals surface area contributed by atoms with Crippen molar-refractivity contribution in [2.24, 2.45) is 0 Å².